The zero-order valence-electron chi connectivity index (χ0n) is 9.71. The molecular weight excluding hydrogens is 338 g/mol. The average Bonchev–Trinajstić information content (AvgIpc) is 2.32. The summed E-state index contributed by atoms with van der Waals surface area (Å²) in [6, 6.07) is 8.54. The molecule has 2 aromatic rings. The maximum Gasteiger partial charge on any atom is 0.130 e. The molecule has 0 spiro atoms. The van der Waals surface area contributed by atoms with Gasteiger partial charge in [-0.15, -0.1) is 0 Å². The van der Waals surface area contributed by atoms with Crippen LogP contribution >= 0.6 is 27.5 Å². The van der Waals surface area contributed by atoms with E-state index in [2.05, 4.69) is 15.9 Å². The highest BCUT2D eigenvalue weighted by Gasteiger charge is 2.15. The highest BCUT2D eigenvalue weighted by Crippen LogP contribution is 2.25. The van der Waals surface area contributed by atoms with Crippen LogP contribution in [-0.4, -0.2) is 5.11 Å². The summed E-state index contributed by atoms with van der Waals surface area (Å²) >= 11 is 8.79. The maximum atomic E-state index is 13.6. The quantitative estimate of drug-likeness (QED) is 0.856. The molecule has 0 aliphatic rings. The fraction of sp³-hybridized carbons (Fsp3) is 0.143. The average molecular weight is 348 g/mol. The monoisotopic (exact) mass is 346 g/mol. The third kappa shape index (κ3) is 3.53. The van der Waals surface area contributed by atoms with E-state index in [1.807, 2.05) is 0 Å². The summed E-state index contributed by atoms with van der Waals surface area (Å²) < 4.78 is 27.9. The number of hydrogen-bond donors (Lipinski definition) is 1. The van der Waals surface area contributed by atoms with E-state index < -0.39 is 17.7 Å². The number of rotatable bonds is 3. The van der Waals surface area contributed by atoms with E-state index in [9.17, 15) is 13.9 Å². The van der Waals surface area contributed by atoms with E-state index >= 15 is 0 Å². The Labute approximate surface area is 123 Å². The summed E-state index contributed by atoms with van der Waals surface area (Å²) in [6.45, 7) is 0. The minimum absolute atomic E-state index is 0.00232. The van der Waals surface area contributed by atoms with Crippen molar-refractivity contribution in [3.8, 4) is 0 Å². The van der Waals surface area contributed by atoms with E-state index in [1.54, 1.807) is 12.1 Å². The van der Waals surface area contributed by atoms with Crippen molar-refractivity contribution in [1.82, 2.24) is 0 Å². The summed E-state index contributed by atoms with van der Waals surface area (Å²) in [5.74, 6) is -1.04. The molecule has 5 heteroatoms. The van der Waals surface area contributed by atoms with Crippen molar-refractivity contribution in [2.75, 3.05) is 0 Å². The molecule has 2 aromatic carbocycles. The van der Waals surface area contributed by atoms with Crippen molar-refractivity contribution < 1.29 is 13.9 Å². The number of hydrogen-bond acceptors (Lipinski definition) is 1. The van der Waals surface area contributed by atoms with Gasteiger partial charge in [-0.1, -0.05) is 39.7 Å². The van der Waals surface area contributed by atoms with Gasteiger partial charge in [-0.25, -0.2) is 8.78 Å². The van der Waals surface area contributed by atoms with Gasteiger partial charge in [0.2, 0.25) is 0 Å². The SMILES string of the molecule is OC(Cc1ccc(Br)cc1F)c1ccc(Cl)cc1F. The molecule has 100 valence electrons. The van der Waals surface area contributed by atoms with Crippen molar-refractivity contribution in [3.05, 3.63) is 68.7 Å². The Bertz CT molecular complexity index is 604. The van der Waals surface area contributed by atoms with Gasteiger partial charge in [-0.3, -0.25) is 0 Å². The van der Waals surface area contributed by atoms with E-state index in [0.29, 0.717) is 10.0 Å². The lowest BCUT2D eigenvalue weighted by Gasteiger charge is -2.13. The van der Waals surface area contributed by atoms with Gasteiger partial charge >= 0.3 is 0 Å². The van der Waals surface area contributed by atoms with E-state index in [1.165, 1.54) is 18.2 Å². The van der Waals surface area contributed by atoms with E-state index in [0.717, 1.165) is 6.07 Å². The van der Waals surface area contributed by atoms with Crippen molar-refractivity contribution in [1.29, 1.82) is 0 Å². The molecule has 0 radical (unpaired) electrons. The molecule has 0 aromatic heterocycles. The Morgan fingerprint density at radius 3 is 2.47 bits per heavy atom. The fourth-order valence-electron chi connectivity index (χ4n) is 1.78. The van der Waals surface area contributed by atoms with Crippen molar-refractivity contribution >= 4 is 27.5 Å². The minimum atomic E-state index is -1.12. The van der Waals surface area contributed by atoms with Crippen LogP contribution in [-0.2, 0) is 6.42 Å². The molecule has 0 saturated heterocycles. The normalized spacial score (nSPS) is 12.5. The number of halogens is 4. The molecular formula is C14H10BrClF2O. The Morgan fingerprint density at radius 1 is 1.11 bits per heavy atom. The number of aliphatic hydroxyl groups is 1. The second-order valence-electron chi connectivity index (χ2n) is 4.12. The van der Waals surface area contributed by atoms with Crippen molar-refractivity contribution in [2.45, 2.75) is 12.5 Å². The molecule has 1 atom stereocenters. The molecule has 0 bridgehead atoms. The predicted molar refractivity (Wildman–Crippen MR) is 74.2 cm³/mol. The summed E-state index contributed by atoms with van der Waals surface area (Å²) in [5.41, 5.74) is 0.428. The second kappa shape index (κ2) is 5.99. The smallest absolute Gasteiger partial charge is 0.130 e. The maximum absolute atomic E-state index is 13.6. The first-order valence-electron chi connectivity index (χ1n) is 5.54. The van der Waals surface area contributed by atoms with Gasteiger partial charge in [-0.05, 0) is 29.8 Å². The third-order valence-corrected chi connectivity index (χ3v) is 3.48. The van der Waals surface area contributed by atoms with Crippen LogP contribution in [0.2, 0.25) is 5.02 Å². The molecule has 0 aliphatic carbocycles. The first kappa shape index (κ1) is 14.4. The first-order valence-corrected chi connectivity index (χ1v) is 6.71. The topological polar surface area (TPSA) is 20.2 Å². The third-order valence-electron chi connectivity index (χ3n) is 2.75. The van der Waals surface area contributed by atoms with Gasteiger partial charge in [0.25, 0.3) is 0 Å². The van der Waals surface area contributed by atoms with Crippen LogP contribution < -0.4 is 0 Å². The lowest BCUT2D eigenvalue weighted by atomic mass is 10.0. The van der Waals surface area contributed by atoms with E-state index in [4.69, 9.17) is 11.6 Å². The lowest BCUT2D eigenvalue weighted by Crippen LogP contribution is -2.05. The highest BCUT2D eigenvalue weighted by atomic mass is 79.9. The molecule has 0 amide bonds. The Morgan fingerprint density at radius 2 is 1.84 bits per heavy atom. The second-order valence-corrected chi connectivity index (χ2v) is 5.47. The summed E-state index contributed by atoms with van der Waals surface area (Å²) in [6.07, 6.45) is -1.12. The van der Waals surface area contributed by atoms with Crippen LogP contribution in [0.1, 0.15) is 17.2 Å². The van der Waals surface area contributed by atoms with Gasteiger partial charge in [0, 0.05) is 21.5 Å². The van der Waals surface area contributed by atoms with Gasteiger partial charge in [-0.2, -0.15) is 0 Å². The first-order chi connectivity index (χ1) is 8.97. The largest absolute Gasteiger partial charge is 0.388 e. The van der Waals surface area contributed by atoms with Crippen LogP contribution in [0.15, 0.2) is 40.9 Å². The van der Waals surface area contributed by atoms with Gasteiger partial charge in [0.15, 0.2) is 0 Å². The van der Waals surface area contributed by atoms with E-state index in [-0.39, 0.29) is 17.0 Å². The van der Waals surface area contributed by atoms with Crippen LogP contribution in [0.5, 0.6) is 0 Å². The summed E-state index contributed by atoms with van der Waals surface area (Å²) in [4.78, 5) is 0. The number of aliphatic hydroxyl groups excluding tert-OH is 1. The Hall–Kier alpha value is -0.970. The zero-order valence-corrected chi connectivity index (χ0v) is 12.0. The van der Waals surface area contributed by atoms with Crippen LogP contribution in [0, 0.1) is 11.6 Å². The van der Waals surface area contributed by atoms with Crippen LogP contribution in [0.3, 0.4) is 0 Å². The Kier molecular flexibility index (Phi) is 4.55. The summed E-state index contributed by atoms with van der Waals surface area (Å²) in [7, 11) is 0. The molecule has 1 nitrogen and oxygen atoms in total. The summed E-state index contributed by atoms with van der Waals surface area (Å²) in [5, 5.41) is 10.2. The lowest BCUT2D eigenvalue weighted by molar-refractivity contribution is 0.172. The van der Waals surface area contributed by atoms with Gasteiger partial charge in [0.1, 0.15) is 11.6 Å². The number of benzene rings is 2. The molecule has 0 saturated carbocycles. The van der Waals surface area contributed by atoms with Gasteiger partial charge < -0.3 is 5.11 Å². The van der Waals surface area contributed by atoms with Crippen molar-refractivity contribution in [2.24, 2.45) is 0 Å². The van der Waals surface area contributed by atoms with Gasteiger partial charge in [0.05, 0.1) is 6.10 Å². The molecule has 0 heterocycles. The highest BCUT2D eigenvalue weighted by molar-refractivity contribution is 9.10. The fourth-order valence-corrected chi connectivity index (χ4v) is 2.27. The standard InChI is InChI=1S/C14H10BrClF2O/c15-9-2-1-8(12(17)6-9)5-14(19)11-4-3-10(16)7-13(11)18/h1-4,6-7,14,19H,5H2. The van der Waals surface area contributed by atoms with Crippen LogP contribution in [0.25, 0.3) is 0 Å². The molecule has 19 heavy (non-hydrogen) atoms. The Balaban J connectivity index is 2.23. The van der Waals surface area contributed by atoms with Crippen LogP contribution in [0.4, 0.5) is 8.78 Å². The predicted octanol–water partition coefficient (Wildman–Crippen LogP) is 4.66. The molecule has 0 fully saturated rings. The molecule has 2 rings (SSSR count). The molecule has 1 N–H and O–H groups in total. The molecule has 1 unspecified atom stereocenters. The minimum Gasteiger partial charge on any atom is -0.388 e. The van der Waals surface area contributed by atoms with Crippen molar-refractivity contribution in [3.63, 3.8) is 0 Å². The molecule has 0 aliphatic heterocycles. The zero-order chi connectivity index (χ0) is 14.0.